The number of hydrogen-bond acceptors (Lipinski definition) is 4. The van der Waals surface area contributed by atoms with E-state index in [9.17, 15) is 9.65 Å². The van der Waals surface area contributed by atoms with Gasteiger partial charge in [0.15, 0.2) is 5.96 Å². The van der Waals surface area contributed by atoms with Crippen LogP contribution in [0, 0.1) is 17.1 Å². The summed E-state index contributed by atoms with van der Waals surface area (Å²) in [5.74, 6) is 0.672. The SMILES string of the molecule is CCNC(=NCCCc1nn(-c2ccc(F)cc2)c(N)c1C#N)NCCn1cccc1. The molecule has 0 unspecified atom stereocenters. The van der Waals surface area contributed by atoms with Crippen molar-refractivity contribution in [2.24, 2.45) is 4.99 Å². The Hall–Kier alpha value is -3.80. The van der Waals surface area contributed by atoms with Crippen molar-refractivity contribution in [3.8, 4) is 11.8 Å². The number of aromatic nitrogens is 3. The Morgan fingerprint density at radius 2 is 1.97 bits per heavy atom. The molecule has 31 heavy (non-hydrogen) atoms. The standard InChI is InChI=1S/C22H27FN8/c1-2-26-22(28-12-15-30-13-3-4-14-30)27-11-5-6-20-19(16-24)21(25)31(29-20)18-9-7-17(23)8-10-18/h3-4,7-10,13-14H,2,5-6,11-12,15,25H2,1H3,(H2,26,27,28). The second-order valence-corrected chi connectivity index (χ2v) is 6.92. The van der Waals surface area contributed by atoms with E-state index >= 15 is 0 Å². The third kappa shape index (κ3) is 5.85. The molecule has 1 aromatic carbocycles. The van der Waals surface area contributed by atoms with Gasteiger partial charge in [0.2, 0.25) is 0 Å². The highest BCUT2D eigenvalue weighted by atomic mass is 19.1. The summed E-state index contributed by atoms with van der Waals surface area (Å²) in [5, 5.41) is 20.5. The fraction of sp³-hybridized carbons (Fsp3) is 0.318. The van der Waals surface area contributed by atoms with Crippen molar-refractivity contribution in [2.45, 2.75) is 26.3 Å². The third-order valence-corrected chi connectivity index (χ3v) is 4.69. The Balaban J connectivity index is 1.58. The van der Waals surface area contributed by atoms with Crippen LogP contribution in [-0.2, 0) is 13.0 Å². The molecule has 0 saturated carbocycles. The predicted molar refractivity (Wildman–Crippen MR) is 119 cm³/mol. The summed E-state index contributed by atoms with van der Waals surface area (Å²) in [4.78, 5) is 4.59. The number of nitriles is 1. The molecule has 2 heterocycles. The summed E-state index contributed by atoms with van der Waals surface area (Å²) in [7, 11) is 0. The average Bonchev–Trinajstić information content (AvgIpc) is 3.39. The minimum Gasteiger partial charge on any atom is -0.382 e. The molecule has 0 spiro atoms. The zero-order valence-electron chi connectivity index (χ0n) is 17.6. The molecule has 2 aromatic heterocycles. The number of halogens is 1. The number of nitrogens with two attached hydrogens (primary N) is 1. The van der Waals surface area contributed by atoms with Crippen molar-refractivity contribution in [1.29, 1.82) is 5.26 Å². The van der Waals surface area contributed by atoms with Crippen molar-refractivity contribution in [1.82, 2.24) is 25.0 Å². The summed E-state index contributed by atoms with van der Waals surface area (Å²) < 4.78 is 16.8. The van der Waals surface area contributed by atoms with E-state index in [1.807, 2.05) is 31.5 Å². The van der Waals surface area contributed by atoms with Crippen LogP contribution in [0.3, 0.4) is 0 Å². The maximum absolute atomic E-state index is 13.2. The van der Waals surface area contributed by atoms with Gasteiger partial charge in [-0.1, -0.05) is 0 Å². The number of nitrogen functional groups attached to an aromatic ring is 1. The first-order chi connectivity index (χ1) is 15.1. The number of nitrogens with zero attached hydrogens (tertiary/aromatic N) is 5. The Kier molecular flexibility index (Phi) is 7.65. The summed E-state index contributed by atoms with van der Waals surface area (Å²) in [5.41, 5.74) is 7.69. The molecule has 0 fully saturated rings. The Morgan fingerprint density at radius 1 is 1.23 bits per heavy atom. The summed E-state index contributed by atoms with van der Waals surface area (Å²) in [6.07, 6.45) is 5.32. The van der Waals surface area contributed by atoms with E-state index in [4.69, 9.17) is 5.73 Å². The van der Waals surface area contributed by atoms with Crippen molar-refractivity contribution >= 4 is 11.8 Å². The molecule has 3 rings (SSSR count). The van der Waals surface area contributed by atoms with Crippen LogP contribution in [0.2, 0.25) is 0 Å². The van der Waals surface area contributed by atoms with Crippen molar-refractivity contribution < 1.29 is 4.39 Å². The van der Waals surface area contributed by atoms with Crippen molar-refractivity contribution in [3.05, 3.63) is 65.9 Å². The van der Waals surface area contributed by atoms with Crippen LogP contribution >= 0.6 is 0 Å². The highest BCUT2D eigenvalue weighted by Crippen LogP contribution is 2.21. The number of rotatable bonds is 9. The van der Waals surface area contributed by atoms with E-state index in [0.29, 0.717) is 36.3 Å². The number of benzene rings is 1. The molecular weight excluding hydrogens is 395 g/mol. The van der Waals surface area contributed by atoms with Crippen molar-refractivity contribution in [2.75, 3.05) is 25.4 Å². The lowest BCUT2D eigenvalue weighted by Gasteiger charge is -2.11. The van der Waals surface area contributed by atoms with Gasteiger partial charge in [-0.15, -0.1) is 0 Å². The number of nitrogens with one attached hydrogen (secondary N) is 2. The van der Waals surface area contributed by atoms with E-state index in [-0.39, 0.29) is 11.6 Å². The third-order valence-electron chi connectivity index (χ3n) is 4.69. The highest BCUT2D eigenvalue weighted by molar-refractivity contribution is 5.79. The fourth-order valence-corrected chi connectivity index (χ4v) is 3.16. The number of aryl methyl sites for hydroxylation is 1. The molecule has 0 atom stereocenters. The quantitative estimate of drug-likeness (QED) is 0.279. The monoisotopic (exact) mass is 422 g/mol. The van der Waals surface area contributed by atoms with Crippen LogP contribution < -0.4 is 16.4 Å². The smallest absolute Gasteiger partial charge is 0.191 e. The molecule has 0 radical (unpaired) electrons. The molecule has 0 aliphatic carbocycles. The van der Waals surface area contributed by atoms with Crippen LogP contribution in [0.1, 0.15) is 24.6 Å². The van der Waals surface area contributed by atoms with Crippen LogP contribution in [0.25, 0.3) is 5.69 Å². The van der Waals surface area contributed by atoms with Crippen LogP contribution in [-0.4, -0.2) is 39.9 Å². The molecular formula is C22H27FN8. The molecule has 0 saturated heterocycles. The van der Waals surface area contributed by atoms with Gasteiger partial charge in [0, 0.05) is 38.6 Å². The first-order valence-corrected chi connectivity index (χ1v) is 10.3. The van der Waals surface area contributed by atoms with Gasteiger partial charge in [-0.3, -0.25) is 4.99 Å². The van der Waals surface area contributed by atoms with Crippen LogP contribution in [0.4, 0.5) is 10.2 Å². The number of anilines is 1. The van der Waals surface area contributed by atoms with Gasteiger partial charge in [0.1, 0.15) is 23.3 Å². The molecule has 0 bridgehead atoms. The molecule has 8 nitrogen and oxygen atoms in total. The summed E-state index contributed by atoms with van der Waals surface area (Å²) in [6.45, 7) is 4.98. The summed E-state index contributed by atoms with van der Waals surface area (Å²) in [6, 6.07) is 12.0. The Bertz CT molecular complexity index is 1030. The van der Waals surface area contributed by atoms with Gasteiger partial charge in [0.25, 0.3) is 0 Å². The average molecular weight is 423 g/mol. The maximum Gasteiger partial charge on any atom is 0.191 e. The lowest BCUT2D eigenvalue weighted by Crippen LogP contribution is -2.38. The largest absolute Gasteiger partial charge is 0.382 e. The van der Waals surface area contributed by atoms with Gasteiger partial charge < -0.3 is 20.9 Å². The first kappa shape index (κ1) is 21.9. The van der Waals surface area contributed by atoms with Gasteiger partial charge in [-0.05, 0) is 56.2 Å². The van der Waals surface area contributed by atoms with E-state index in [1.165, 1.54) is 16.8 Å². The van der Waals surface area contributed by atoms with Crippen molar-refractivity contribution in [3.63, 3.8) is 0 Å². The Morgan fingerprint density at radius 3 is 2.65 bits per heavy atom. The highest BCUT2D eigenvalue weighted by Gasteiger charge is 2.16. The molecule has 3 aromatic rings. The zero-order chi connectivity index (χ0) is 22.1. The van der Waals surface area contributed by atoms with Crippen LogP contribution in [0.5, 0.6) is 0 Å². The second-order valence-electron chi connectivity index (χ2n) is 6.92. The lowest BCUT2D eigenvalue weighted by atomic mass is 10.1. The summed E-state index contributed by atoms with van der Waals surface area (Å²) >= 11 is 0. The topological polar surface area (TPSA) is 109 Å². The first-order valence-electron chi connectivity index (χ1n) is 10.3. The van der Waals surface area contributed by atoms with E-state index < -0.39 is 0 Å². The number of guanidine groups is 1. The fourth-order valence-electron chi connectivity index (χ4n) is 3.16. The predicted octanol–water partition coefficient (Wildman–Crippen LogP) is 2.45. The molecule has 4 N–H and O–H groups in total. The van der Waals surface area contributed by atoms with E-state index in [0.717, 1.165) is 25.6 Å². The van der Waals surface area contributed by atoms with Crippen LogP contribution in [0.15, 0.2) is 53.8 Å². The molecule has 9 heteroatoms. The molecule has 162 valence electrons. The minimum absolute atomic E-state index is 0.257. The molecule has 0 amide bonds. The zero-order valence-corrected chi connectivity index (χ0v) is 17.6. The van der Waals surface area contributed by atoms with E-state index in [1.54, 1.807) is 12.1 Å². The van der Waals surface area contributed by atoms with Gasteiger partial charge in [-0.25, -0.2) is 9.07 Å². The maximum atomic E-state index is 13.2. The second kappa shape index (κ2) is 10.8. The van der Waals surface area contributed by atoms with Gasteiger partial charge in [-0.2, -0.15) is 10.4 Å². The number of hydrogen-bond donors (Lipinski definition) is 3. The van der Waals surface area contributed by atoms with E-state index in [2.05, 4.69) is 31.4 Å². The number of aliphatic imine (C=N–C) groups is 1. The van der Waals surface area contributed by atoms with Gasteiger partial charge >= 0.3 is 0 Å². The molecule has 0 aliphatic heterocycles. The van der Waals surface area contributed by atoms with Gasteiger partial charge in [0.05, 0.1) is 11.4 Å². The lowest BCUT2D eigenvalue weighted by molar-refractivity contribution is 0.627. The normalized spacial score (nSPS) is 11.3. The minimum atomic E-state index is -0.341. The molecule has 0 aliphatic rings. The Labute approximate surface area is 181 Å².